The first-order chi connectivity index (χ1) is 14.9. The van der Waals surface area contributed by atoms with Crippen LogP contribution in [0.2, 0.25) is 0 Å². The van der Waals surface area contributed by atoms with Gasteiger partial charge in [0.05, 0.1) is 19.3 Å². The van der Waals surface area contributed by atoms with Gasteiger partial charge in [-0.3, -0.25) is 10.1 Å². The highest BCUT2D eigenvalue weighted by Crippen LogP contribution is 2.36. The Labute approximate surface area is 218 Å². The van der Waals surface area contributed by atoms with Crippen LogP contribution in [0, 0.1) is 18.5 Å². The summed E-state index contributed by atoms with van der Waals surface area (Å²) in [5.74, 6) is -0.596. The van der Waals surface area contributed by atoms with Gasteiger partial charge >= 0.3 is 6.18 Å². The number of carbonyl (C=O) groups is 1. The number of nitrogens with one attached hydrogen (secondary N) is 2. The van der Waals surface area contributed by atoms with Crippen molar-refractivity contribution in [3.05, 3.63) is 59.1 Å². The fraction of sp³-hybridized carbons (Fsp3) is 0.333. The number of amides is 1. The minimum Gasteiger partial charge on any atom is -0.506 e. The van der Waals surface area contributed by atoms with Crippen LogP contribution in [0.4, 0.5) is 13.2 Å². The van der Waals surface area contributed by atoms with E-state index in [4.69, 9.17) is 0 Å². The van der Waals surface area contributed by atoms with Gasteiger partial charge in [0.1, 0.15) is 17.3 Å². The molecule has 0 unspecified atom stereocenters. The Balaban J connectivity index is 1.94. The van der Waals surface area contributed by atoms with Gasteiger partial charge < -0.3 is 10.4 Å². The largest absolute Gasteiger partial charge is 0.506 e. The summed E-state index contributed by atoms with van der Waals surface area (Å²) >= 11 is 7.06. The van der Waals surface area contributed by atoms with Crippen LogP contribution in [0.25, 0.3) is 0 Å². The second-order valence-electron chi connectivity index (χ2n) is 7.54. The summed E-state index contributed by atoms with van der Waals surface area (Å²) in [7, 11) is 0. The van der Waals surface area contributed by atoms with Crippen LogP contribution in [-0.4, -0.2) is 28.8 Å². The molecule has 3 rings (SSSR count). The summed E-state index contributed by atoms with van der Waals surface area (Å²) < 4.78 is 43.6. The van der Waals surface area contributed by atoms with E-state index >= 15 is 0 Å². The molecule has 1 fully saturated rings. The van der Waals surface area contributed by atoms with Crippen molar-refractivity contribution < 1.29 is 23.1 Å². The zero-order valence-corrected chi connectivity index (χ0v) is 22.2. The Morgan fingerprint density at radius 1 is 1.22 bits per heavy atom. The first kappa shape index (κ1) is 25.5. The highest BCUT2D eigenvalue weighted by molar-refractivity contribution is 14.1. The second kappa shape index (κ2) is 10.0. The molecule has 5 nitrogen and oxygen atoms in total. The Morgan fingerprint density at radius 2 is 1.78 bits per heavy atom. The average molecular weight is 734 g/mol. The van der Waals surface area contributed by atoms with Crippen LogP contribution in [0.3, 0.4) is 0 Å². The topological polar surface area (TPSA) is 85.2 Å². The van der Waals surface area contributed by atoms with Gasteiger partial charge in [0.2, 0.25) is 5.91 Å². The van der Waals surface area contributed by atoms with E-state index in [1.54, 1.807) is 12.1 Å². The molecule has 0 heterocycles. The molecule has 2 atom stereocenters. The van der Waals surface area contributed by atoms with Gasteiger partial charge in [-0.2, -0.15) is 18.4 Å². The molecule has 32 heavy (non-hydrogen) atoms. The molecular weight excluding hydrogens is 717 g/mol. The molecule has 0 spiro atoms. The number of aromatic hydroxyl groups is 1. The number of hydrogen-bond acceptors (Lipinski definition) is 4. The third kappa shape index (κ3) is 6.27. The summed E-state index contributed by atoms with van der Waals surface area (Å²) in [5, 5.41) is 24.4. The molecule has 2 aromatic rings. The molecule has 1 saturated carbocycles. The van der Waals surface area contributed by atoms with Gasteiger partial charge in [0.25, 0.3) is 0 Å². The third-order valence-corrected chi connectivity index (χ3v) is 7.23. The first-order valence-corrected chi connectivity index (χ1v) is 12.4. The number of alkyl halides is 3. The van der Waals surface area contributed by atoms with Crippen molar-refractivity contribution in [3.8, 4) is 11.8 Å². The van der Waals surface area contributed by atoms with Crippen molar-refractivity contribution >= 4 is 67.0 Å². The molecule has 2 aromatic carbocycles. The standard InChI is InChI=1S/C21H17BrF3I2N3O2/c22-13-3-1-12(2-4-13)18(21(23,24)25)29-16(19(32)30-20(10-28)5-6-20)9-11-7-14(26)17(31)15(27)8-11/h1-4,7-8,16,18,29,31H,5-6,9H2,(H,30,32)/t16-,18-/m0/s1. The zero-order valence-electron chi connectivity index (χ0n) is 16.3. The summed E-state index contributed by atoms with van der Waals surface area (Å²) in [6, 6.07) is 7.63. The van der Waals surface area contributed by atoms with Gasteiger partial charge in [0.15, 0.2) is 0 Å². The van der Waals surface area contributed by atoms with Crippen molar-refractivity contribution in [2.24, 2.45) is 0 Å². The number of carbonyl (C=O) groups excluding carboxylic acids is 1. The average Bonchev–Trinajstić information content (AvgIpc) is 3.49. The molecule has 0 aliphatic heterocycles. The lowest BCUT2D eigenvalue weighted by atomic mass is 10.0. The van der Waals surface area contributed by atoms with Crippen LogP contribution in [0.15, 0.2) is 40.9 Å². The number of phenolic OH excluding ortho intramolecular Hbond substituents is 1. The summed E-state index contributed by atoms with van der Waals surface area (Å²) in [5.41, 5.74) is -0.460. The maximum Gasteiger partial charge on any atom is 0.407 e. The van der Waals surface area contributed by atoms with Crippen LogP contribution in [0.5, 0.6) is 5.75 Å². The molecule has 1 aliphatic carbocycles. The molecule has 0 aromatic heterocycles. The van der Waals surface area contributed by atoms with E-state index < -0.39 is 29.7 Å². The minimum absolute atomic E-state index is 0.0326. The number of rotatable bonds is 7. The van der Waals surface area contributed by atoms with Gasteiger partial charge in [0, 0.05) is 4.47 Å². The minimum atomic E-state index is -4.66. The van der Waals surface area contributed by atoms with Crippen molar-refractivity contribution in [2.45, 2.75) is 43.1 Å². The van der Waals surface area contributed by atoms with Crippen molar-refractivity contribution in [3.63, 3.8) is 0 Å². The lowest BCUT2D eigenvalue weighted by Gasteiger charge is -2.28. The van der Waals surface area contributed by atoms with E-state index in [-0.39, 0.29) is 17.7 Å². The number of nitriles is 1. The molecule has 170 valence electrons. The monoisotopic (exact) mass is 733 g/mol. The van der Waals surface area contributed by atoms with Gasteiger partial charge in [-0.25, -0.2) is 0 Å². The lowest BCUT2D eigenvalue weighted by molar-refractivity contribution is -0.161. The second-order valence-corrected chi connectivity index (χ2v) is 10.8. The molecule has 1 aliphatic rings. The predicted molar refractivity (Wildman–Crippen MR) is 133 cm³/mol. The number of phenols is 1. The van der Waals surface area contributed by atoms with E-state index in [0.717, 1.165) is 0 Å². The van der Waals surface area contributed by atoms with Gasteiger partial charge in [-0.15, -0.1) is 0 Å². The summed E-state index contributed by atoms with van der Waals surface area (Å²) in [6.07, 6.45) is -3.78. The number of benzene rings is 2. The molecule has 3 N–H and O–H groups in total. The van der Waals surface area contributed by atoms with E-state index in [2.05, 4.69) is 26.6 Å². The highest BCUT2D eigenvalue weighted by atomic mass is 127. The molecule has 1 amide bonds. The van der Waals surface area contributed by atoms with Crippen LogP contribution >= 0.6 is 61.1 Å². The van der Waals surface area contributed by atoms with Gasteiger partial charge in [-0.1, -0.05) is 28.1 Å². The molecular formula is C21H17BrF3I2N3O2. The van der Waals surface area contributed by atoms with Crippen LogP contribution < -0.4 is 10.6 Å². The van der Waals surface area contributed by atoms with Gasteiger partial charge in [-0.05, 0) is 99.8 Å². The number of hydrogen-bond donors (Lipinski definition) is 3. The van der Waals surface area contributed by atoms with Crippen LogP contribution in [0.1, 0.15) is 30.0 Å². The smallest absolute Gasteiger partial charge is 0.407 e. The fourth-order valence-electron chi connectivity index (χ4n) is 3.15. The Morgan fingerprint density at radius 3 is 2.25 bits per heavy atom. The van der Waals surface area contributed by atoms with E-state index in [0.29, 0.717) is 30.0 Å². The Bertz CT molecular complexity index is 1030. The lowest BCUT2D eigenvalue weighted by Crippen LogP contribution is -2.52. The number of halogens is 6. The molecule has 0 saturated heterocycles. The van der Waals surface area contributed by atoms with E-state index in [1.807, 2.05) is 51.3 Å². The number of nitrogens with zero attached hydrogens (tertiary/aromatic N) is 1. The maximum absolute atomic E-state index is 14.0. The first-order valence-electron chi connectivity index (χ1n) is 9.42. The fourth-order valence-corrected chi connectivity index (χ4v) is 5.31. The maximum atomic E-state index is 14.0. The van der Waals surface area contributed by atoms with Crippen molar-refractivity contribution in [1.29, 1.82) is 5.26 Å². The Kier molecular flexibility index (Phi) is 7.99. The summed E-state index contributed by atoms with van der Waals surface area (Å²) in [6.45, 7) is 0. The quantitative estimate of drug-likeness (QED) is 0.336. The SMILES string of the molecule is N#CC1(NC(=O)[C@H](Cc2cc(I)c(O)c(I)c2)N[C@@H](c2ccc(Br)cc2)C(F)(F)F)CC1. The van der Waals surface area contributed by atoms with Crippen molar-refractivity contribution in [1.82, 2.24) is 10.6 Å². The van der Waals surface area contributed by atoms with E-state index in [9.17, 15) is 28.3 Å². The third-order valence-electron chi connectivity index (χ3n) is 5.06. The Hall–Kier alpha value is -1.11. The zero-order chi connectivity index (χ0) is 23.7. The van der Waals surface area contributed by atoms with E-state index in [1.165, 1.54) is 24.3 Å². The van der Waals surface area contributed by atoms with Crippen molar-refractivity contribution in [2.75, 3.05) is 0 Å². The molecule has 0 bridgehead atoms. The molecule has 0 radical (unpaired) electrons. The molecule has 11 heteroatoms. The highest BCUT2D eigenvalue weighted by Gasteiger charge is 2.47. The predicted octanol–water partition coefficient (Wildman–Crippen LogP) is 5.34. The van der Waals surface area contributed by atoms with Crippen LogP contribution in [-0.2, 0) is 11.2 Å². The normalized spacial score (nSPS) is 16.7. The summed E-state index contributed by atoms with van der Waals surface area (Å²) in [4.78, 5) is 13.0.